The van der Waals surface area contributed by atoms with Gasteiger partial charge < -0.3 is 5.73 Å². The molecule has 1 unspecified atom stereocenters. The minimum atomic E-state index is -0.435. The normalized spacial score (nSPS) is 12.5. The maximum atomic E-state index is 14.1. The van der Waals surface area contributed by atoms with E-state index >= 15 is 0 Å². The first-order valence-corrected chi connectivity index (χ1v) is 6.22. The van der Waals surface area contributed by atoms with Crippen LogP contribution < -0.4 is 5.73 Å². The van der Waals surface area contributed by atoms with Gasteiger partial charge in [0, 0.05) is 17.2 Å². The second kappa shape index (κ2) is 5.10. The van der Waals surface area contributed by atoms with Crippen LogP contribution in [0.25, 0.3) is 11.1 Å². The highest BCUT2D eigenvalue weighted by atomic mass is 19.1. The predicted molar refractivity (Wildman–Crippen MR) is 73.9 cm³/mol. The predicted octanol–water partition coefficient (Wildman–Crippen LogP) is 4.27. The standard InChI is InChI=1S/C16H17F2N/c1-9-6-10(2)16(15(18)7-9)13-8-12(11(3)19)4-5-14(13)17/h4-8,11H,19H2,1-3H3. The maximum absolute atomic E-state index is 14.1. The molecule has 0 aliphatic heterocycles. The van der Waals surface area contributed by atoms with Crippen LogP contribution in [0.15, 0.2) is 30.3 Å². The lowest BCUT2D eigenvalue weighted by molar-refractivity contribution is 0.613. The van der Waals surface area contributed by atoms with Crippen LogP contribution in [0.3, 0.4) is 0 Å². The molecule has 0 amide bonds. The molecule has 0 aliphatic carbocycles. The van der Waals surface area contributed by atoms with Gasteiger partial charge in [0.25, 0.3) is 0 Å². The second-order valence-corrected chi connectivity index (χ2v) is 4.97. The summed E-state index contributed by atoms with van der Waals surface area (Å²) in [7, 11) is 0. The molecule has 0 spiro atoms. The van der Waals surface area contributed by atoms with Gasteiger partial charge in [-0.05, 0) is 55.7 Å². The number of aryl methyl sites for hydroxylation is 2. The van der Waals surface area contributed by atoms with Crippen LogP contribution in [0.5, 0.6) is 0 Å². The quantitative estimate of drug-likeness (QED) is 0.858. The number of nitrogens with two attached hydrogens (primary N) is 1. The Morgan fingerprint density at radius 1 is 1.00 bits per heavy atom. The average molecular weight is 261 g/mol. The molecule has 0 radical (unpaired) electrons. The number of hydrogen-bond donors (Lipinski definition) is 1. The van der Waals surface area contributed by atoms with Crippen LogP contribution in [0.2, 0.25) is 0 Å². The highest BCUT2D eigenvalue weighted by Gasteiger charge is 2.15. The largest absolute Gasteiger partial charge is 0.324 e. The lowest BCUT2D eigenvalue weighted by atomic mass is 9.95. The van der Waals surface area contributed by atoms with Crippen LogP contribution >= 0.6 is 0 Å². The third-order valence-corrected chi connectivity index (χ3v) is 3.22. The summed E-state index contributed by atoms with van der Waals surface area (Å²) in [6, 6.07) is 7.64. The molecule has 0 saturated carbocycles. The van der Waals surface area contributed by atoms with E-state index in [0.29, 0.717) is 5.56 Å². The molecule has 0 aromatic heterocycles. The van der Waals surface area contributed by atoms with Crippen molar-refractivity contribution in [2.75, 3.05) is 0 Å². The molecule has 2 rings (SSSR count). The summed E-state index contributed by atoms with van der Waals surface area (Å²) >= 11 is 0. The van der Waals surface area contributed by atoms with Crippen LogP contribution in [-0.2, 0) is 0 Å². The minimum Gasteiger partial charge on any atom is -0.324 e. The third kappa shape index (κ3) is 2.66. The first-order chi connectivity index (χ1) is 8.90. The molecule has 1 atom stereocenters. The number of rotatable bonds is 2. The van der Waals surface area contributed by atoms with Crippen LogP contribution in [0, 0.1) is 25.5 Å². The second-order valence-electron chi connectivity index (χ2n) is 4.97. The van der Waals surface area contributed by atoms with Crippen molar-refractivity contribution in [2.24, 2.45) is 5.73 Å². The molecule has 100 valence electrons. The Bertz CT molecular complexity index is 595. The Morgan fingerprint density at radius 3 is 2.26 bits per heavy atom. The van der Waals surface area contributed by atoms with Gasteiger partial charge in [0.15, 0.2) is 0 Å². The van der Waals surface area contributed by atoms with Gasteiger partial charge in [0.2, 0.25) is 0 Å². The summed E-state index contributed by atoms with van der Waals surface area (Å²) in [5, 5.41) is 0. The Morgan fingerprint density at radius 2 is 1.68 bits per heavy atom. The van der Waals surface area contributed by atoms with Gasteiger partial charge >= 0.3 is 0 Å². The Labute approximate surface area is 112 Å². The first kappa shape index (κ1) is 13.7. The number of benzene rings is 2. The summed E-state index contributed by atoms with van der Waals surface area (Å²) in [5.74, 6) is -0.839. The Balaban J connectivity index is 2.68. The van der Waals surface area contributed by atoms with Gasteiger partial charge in [-0.15, -0.1) is 0 Å². The summed E-state index contributed by atoms with van der Waals surface area (Å²) in [6.07, 6.45) is 0. The van der Waals surface area contributed by atoms with Crippen molar-refractivity contribution in [3.8, 4) is 11.1 Å². The van der Waals surface area contributed by atoms with E-state index in [1.165, 1.54) is 12.1 Å². The Kier molecular flexibility index (Phi) is 3.67. The fourth-order valence-corrected chi connectivity index (χ4v) is 2.27. The average Bonchev–Trinajstić information content (AvgIpc) is 2.29. The fourth-order valence-electron chi connectivity index (χ4n) is 2.27. The van der Waals surface area contributed by atoms with Crippen molar-refractivity contribution in [3.63, 3.8) is 0 Å². The zero-order chi connectivity index (χ0) is 14.2. The van der Waals surface area contributed by atoms with E-state index in [1.54, 1.807) is 19.1 Å². The van der Waals surface area contributed by atoms with E-state index < -0.39 is 11.6 Å². The molecule has 0 fully saturated rings. The first-order valence-electron chi connectivity index (χ1n) is 6.22. The smallest absolute Gasteiger partial charge is 0.131 e. The molecular weight excluding hydrogens is 244 g/mol. The molecule has 0 heterocycles. The highest BCUT2D eigenvalue weighted by molar-refractivity contribution is 5.69. The Hall–Kier alpha value is -1.74. The molecule has 0 aliphatic rings. The third-order valence-electron chi connectivity index (χ3n) is 3.22. The van der Waals surface area contributed by atoms with Crippen molar-refractivity contribution < 1.29 is 8.78 Å². The van der Waals surface area contributed by atoms with E-state index in [1.807, 2.05) is 19.9 Å². The zero-order valence-corrected chi connectivity index (χ0v) is 11.3. The SMILES string of the molecule is Cc1cc(C)c(-c2cc(C(C)N)ccc2F)c(F)c1. The van der Waals surface area contributed by atoms with Gasteiger partial charge in [-0.2, -0.15) is 0 Å². The molecule has 19 heavy (non-hydrogen) atoms. The van der Waals surface area contributed by atoms with Gasteiger partial charge in [-0.3, -0.25) is 0 Å². The van der Waals surface area contributed by atoms with Crippen molar-refractivity contribution >= 4 is 0 Å². The van der Waals surface area contributed by atoms with Crippen LogP contribution in [0.1, 0.15) is 29.7 Å². The van der Waals surface area contributed by atoms with Crippen LogP contribution in [0.4, 0.5) is 8.78 Å². The molecular formula is C16H17F2N. The number of hydrogen-bond acceptors (Lipinski definition) is 1. The molecule has 2 aromatic carbocycles. The van der Waals surface area contributed by atoms with Crippen molar-refractivity contribution in [3.05, 3.63) is 58.7 Å². The lowest BCUT2D eigenvalue weighted by Crippen LogP contribution is -2.05. The van der Waals surface area contributed by atoms with Gasteiger partial charge in [0.1, 0.15) is 11.6 Å². The van der Waals surface area contributed by atoms with E-state index in [0.717, 1.165) is 16.7 Å². The molecule has 0 saturated heterocycles. The lowest BCUT2D eigenvalue weighted by Gasteiger charge is -2.13. The highest BCUT2D eigenvalue weighted by Crippen LogP contribution is 2.31. The topological polar surface area (TPSA) is 26.0 Å². The summed E-state index contributed by atoms with van der Waals surface area (Å²) in [5.41, 5.74) is 8.70. The monoisotopic (exact) mass is 261 g/mol. The van der Waals surface area contributed by atoms with Crippen molar-refractivity contribution in [1.82, 2.24) is 0 Å². The van der Waals surface area contributed by atoms with Gasteiger partial charge in [-0.25, -0.2) is 8.78 Å². The fraction of sp³-hybridized carbons (Fsp3) is 0.250. The van der Waals surface area contributed by atoms with E-state index in [4.69, 9.17) is 5.73 Å². The zero-order valence-electron chi connectivity index (χ0n) is 11.3. The van der Waals surface area contributed by atoms with E-state index in [2.05, 4.69) is 0 Å². The maximum Gasteiger partial charge on any atom is 0.131 e. The van der Waals surface area contributed by atoms with Gasteiger partial charge in [0.05, 0.1) is 0 Å². The van der Waals surface area contributed by atoms with Crippen LogP contribution in [-0.4, -0.2) is 0 Å². The van der Waals surface area contributed by atoms with Gasteiger partial charge in [-0.1, -0.05) is 12.1 Å². The van der Waals surface area contributed by atoms with Crippen molar-refractivity contribution in [1.29, 1.82) is 0 Å². The minimum absolute atomic E-state index is 0.215. The molecule has 2 N–H and O–H groups in total. The summed E-state index contributed by atoms with van der Waals surface area (Å²) in [4.78, 5) is 0. The van der Waals surface area contributed by atoms with E-state index in [9.17, 15) is 8.78 Å². The van der Waals surface area contributed by atoms with Crippen molar-refractivity contribution in [2.45, 2.75) is 26.8 Å². The molecule has 2 aromatic rings. The molecule has 1 nitrogen and oxygen atoms in total. The number of halogens is 2. The van der Waals surface area contributed by atoms with E-state index in [-0.39, 0.29) is 11.6 Å². The summed E-state index contributed by atoms with van der Waals surface area (Å²) < 4.78 is 28.1. The molecule has 0 bridgehead atoms. The summed E-state index contributed by atoms with van der Waals surface area (Å²) in [6.45, 7) is 5.41. The molecule has 3 heteroatoms.